The molecule has 0 radical (unpaired) electrons. The van der Waals surface area contributed by atoms with Crippen molar-refractivity contribution in [1.82, 2.24) is 10.6 Å². The molecule has 0 spiro atoms. The van der Waals surface area contributed by atoms with Crippen molar-refractivity contribution in [3.05, 3.63) is 34.9 Å². The van der Waals surface area contributed by atoms with Crippen molar-refractivity contribution in [2.24, 2.45) is 11.8 Å². The second-order valence-corrected chi connectivity index (χ2v) is 7.63. The lowest BCUT2D eigenvalue weighted by Crippen LogP contribution is -2.52. The number of aliphatic hydroxyl groups is 1. The van der Waals surface area contributed by atoms with Crippen molar-refractivity contribution in [2.75, 3.05) is 13.1 Å². The molecule has 1 aliphatic carbocycles. The van der Waals surface area contributed by atoms with Crippen molar-refractivity contribution >= 4 is 17.5 Å². The summed E-state index contributed by atoms with van der Waals surface area (Å²) in [5, 5.41) is 17.0. The van der Waals surface area contributed by atoms with Gasteiger partial charge in [0.05, 0.1) is 6.10 Å². The number of aliphatic hydroxyl groups excluding tert-OH is 1. The topological polar surface area (TPSA) is 61.4 Å². The van der Waals surface area contributed by atoms with Crippen LogP contribution in [0.3, 0.4) is 0 Å². The minimum Gasteiger partial charge on any atom is -0.393 e. The summed E-state index contributed by atoms with van der Waals surface area (Å²) in [7, 11) is 0. The fourth-order valence-corrected chi connectivity index (χ4v) is 4.04. The zero-order valence-corrected chi connectivity index (χ0v) is 14.8. The number of halogens is 1. The van der Waals surface area contributed by atoms with Gasteiger partial charge in [-0.15, -0.1) is 0 Å². The van der Waals surface area contributed by atoms with Gasteiger partial charge in [0.15, 0.2) is 0 Å². The summed E-state index contributed by atoms with van der Waals surface area (Å²) in [4.78, 5) is 12.4. The molecule has 1 saturated heterocycles. The average Bonchev–Trinajstić information content (AvgIpc) is 2.57. The SMILES string of the molecule is O=C(CCc1ccc(Cl)cc1)N[C@H](C1CCNCC1)C1CC(O)C1. The van der Waals surface area contributed by atoms with E-state index in [0.717, 1.165) is 55.8 Å². The molecule has 1 atom stereocenters. The zero-order chi connectivity index (χ0) is 16.9. The number of carbonyl (C=O) groups is 1. The first-order valence-corrected chi connectivity index (χ1v) is 9.42. The Morgan fingerprint density at radius 2 is 1.88 bits per heavy atom. The molecule has 5 heteroatoms. The number of carbonyl (C=O) groups excluding carboxylic acids is 1. The minimum atomic E-state index is -0.176. The van der Waals surface area contributed by atoms with E-state index in [1.807, 2.05) is 24.3 Å². The Hall–Kier alpha value is -1.10. The van der Waals surface area contributed by atoms with Gasteiger partial charge in [-0.2, -0.15) is 0 Å². The van der Waals surface area contributed by atoms with Crippen LogP contribution in [-0.4, -0.2) is 36.2 Å². The predicted molar refractivity (Wildman–Crippen MR) is 96.0 cm³/mol. The predicted octanol–water partition coefficient (Wildman–Crippen LogP) is 2.53. The van der Waals surface area contributed by atoms with E-state index in [4.69, 9.17) is 11.6 Å². The Kier molecular flexibility index (Phi) is 6.14. The number of rotatable bonds is 6. The van der Waals surface area contributed by atoms with E-state index in [2.05, 4.69) is 10.6 Å². The first-order valence-electron chi connectivity index (χ1n) is 9.04. The fourth-order valence-electron chi connectivity index (χ4n) is 3.91. The number of benzene rings is 1. The molecule has 0 unspecified atom stereocenters. The van der Waals surface area contributed by atoms with E-state index >= 15 is 0 Å². The van der Waals surface area contributed by atoms with Crippen LogP contribution in [0, 0.1) is 11.8 Å². The fraction of sp³-hybridized carbons (Fsp3) is 0.632. The number of hydrogen-bond donors (Lipinski definition) is 3. The van der Waals surface area contributed by atoms with Gasteiger partial charge in [-0.25, -0.2) is 0 Å². The third kappa shape index (κ3) is 4.71. The van der Waals surface area contributed by atoms with Crippen LogP contribution in [0.4, 0.5) is 0 Å². The first kappa shape index (κ1) is 17.7. The van der Waals surface area contributed by atoms with Gasteiger partial charge >= 0.3 is 0 Å². The van der Waals surface area contributed by atoms with E-state index in [-0.39, 0.29) is 18.1 Å². The summed E-state index contributed by atoms with van der Waals surface area (Å²) in [6, 6.07) is 7.89. The summed E-state index contributed by atoms with van der Waals surface area (Å²) >= 11 is 5.89. The molecule has 2 aliphatic rings. The van der Waals surface area contributed by atoms with E-state index < -0.39 is 0 Å². The third-order valence-corrected chi connectivity index (χ3v) is 5.68. The summed E-state index contributed by atoms with van der Waals surface area (Å²) in [5.74, 6) is 1.08. The van der Waals surface area contributed by atoms with Gasteiger partial charge in [0.2, 0.25) is 5.91 Å². The van der Waals surface area contributed by atoms with Crippen LogP contribution < -0.4 is 10.6 Å². The summed E-state index contributed by atoms with van der Waals surface area (Å²) in [6.45, 7) is 2.05. The molecular formula is C19H27ClN2O2. The lowest BCUT2D eigenvalue weighted by atomic mass is 9.71. The Morgan fingerprint density at radius 3 is 2.50 bits per heavy atom. The molecule has 1 heterocycles. The number of piperidine rings is 1. The zero-order valence-electron chi connectivity index (χ0n) is 14.0. The van der Waals surface area contributed by atoms with Gasteiger partial charge in [0.1, 0.15) is 0 Å². The highest BCUT2D eigenvalue weighted by molar-refractivity contribution is 6.30. The smallest absolute Gasteiger partial charge is 0.220 e. The highest BCUT2D eigenvalue weighted by Gasteiger charge is 2.38. The van der Waals surface area contributed by atoms with Crippen LogP contribution in [-0.2, 0) is 11.2 Å². The molecule has 1 aromatic rings. The number of nitrogens with one attached hydrogen (secondary N) is 2. The molecule has 4 nitrogen and oxygen atoms in total. The lowest BCUT2D eigenvalue weighted by Gasteiger charge is -2.43. The van der Waals surface area contributed by atoms with Gasteiger partial charge in [0.25, 0.3) is 0 Å². The van der Waals surface area contributed by atoms with Crippen LogP contribution in [0.15, 0.2) is 24.3 Å². The molecular weight excluding hydrogens is 324 g/mol. The van der Waals surface area contributed by atoms with Crippen LogP contribution in [0.5, 0.6) is 0 Å². The van der Waals surface area contributed by atoms with E-state index in [0.29, 0.717) is 18.3 Å². The number of hydrogen-bond acceptors (Lipinski definition) is 3. The first-order chi connectivity index (χ1) is 11.6. The van der Waals surface area contributed by atoms with Crippen molar-refractivity contribution in [3.63, 3.8) is 0 Å². The van der Waals surface area contributed by atoms with Gasteiger partial charge in [-0.3, -0.25) is 4.79 Å². The quantitative estimate of drug-likeness (QED) is 0.738. The highest BCUT2D eigenvalue weighted by Crippen LogP contribution is 2.35. The lowest BCUT2D eigenvalue weighted by molar-refractivity contribution is -0.123. The van der Waals surface area contributed by atoms with Gasteiger partial charge in [0, 0.05) is 17.5 Å². The van der Waals surface area contributed by atoms with Crippen LogP contribution in [0.1, 0.15) is 37.7 Å². The van der Waals surface area contributed by atoms with Crippen molar-refractivity contribution in [1.29, 1.82) is 0 Å². The summed E-state index contributed by atoms with van der Waals surface area (Å²) in [6.07, 6.45) is 4.92. The number of aryl methyl sites for hydroxylation is 1. The van der Waals surface area contributed by atoms with E-state index in [9.17, 15) is 9.90 Å². The summed E-state index contributed by atoms with van der Waals surface area (Å²) < 4.78 is 0. The van der Waals surface area contributed by atoms with Crippen LogP contribution >= 0.6 is 11.6 Å². The van der Waals surface area contributed by atoms with Gasteiger partial charge in [-0.1, -0.05) is 23.7 Å². The molecule has 1 aromatic carbocycles. The third-order valence-electron chi connectivity index (χ3n) is 5.43. The molecule has 3 rings (SSSR count). The normalized spacial score (nSPS) is 25.8. The Balaban J connectivity index is 1.53. The van der Waals surface area contributed by atoms with E-state index in [1.54, 1.807) is 0 Å². The largest absolute Gasteiger partial charge is 0.393 e. The minimum absolute atomic E-state index is 0.120. The van der Waals surface area contributed by atoms with Crippen molar-refractivity contribution in [2.45, 2.75) is 50.7 Å². The average molecular weight is 351 g/mol. The standard InChI is InChI=1S/C19H27ClN2O2/c20-16-4-1-13(2-5-16)3-6-18(24)22-19(15-11-17(23)12-15)14-7-9-21-10-8-14/h1-2,4-5,14-15,17,19,21,23H,3,6-12H2,(H,22,24)/t15?,17?,19-/m1/s1. The molecule has 3 N–H and O–H groups in total. The van der Waals surface area contributed by atoms with Crippen molar-refractivity contribution in [3.8, 4) is 0 Å². The second-order valence-electron chi connectivity index (χ2n) is 7.19. The maximum Gasteiger partial charge on any atom is 0.220 e. The monoisotopic (exact) mass is 350 g/mol. The van der Waals surface area contributed by atoms with Gasteiger partial charge in [-0.05, 0) is 74.7 Å². The molecule has 0 bridgehead atoms. The van der Waals surface area contributed by atoms with Crippen LogP contribution in [0.25, 0.3) is 0 Å². The molecule has 132 valence electrons. The maximum absolute atomic E-state index is 12.4. The molecule has 1 amide bonds. The van der Waals surface area contributed by atoms with E-state index in [1.165, 1.54) is 0 Å². The van der Waals surface area contributed by atoms with Crippen LogP contribution in [0.2, 0.25) is 5.02 Å². The van der Waals surface area contributed by atoms with Gasteiger partial charge < -0.3 is 15.7 Å². The Morgan fingerprint density at radius 1 is 1.21 bits per heavy atom. The molecule has 1 saturated carbocycles. The summed E-state index contributed by atoms with van der Waals surface area (Å²) in [5.41, 5.74) is 1.13. The number of amides is 1. The molecule has 1 aliphatic heterocycles. The second kappa shape index (κ2) is 8.32. The molecule has 2 fully saturated rings. The molecule has 24 heavy (non-hydrogen) atoms. The maximum atomic E-state index is 12.4. The molecule has 0 aromatic heterocycles. The Labute approximate surface area is 149 Å². The Bertz CT molecular complexity index is 537. The highest BCUT2D eigenvalue weighted by atomic mass is 35.5. The van der Waals surface area contributed by atoms with Crippen molar-refractivity contribution < 1.29 is 9.90 Å².